The molecule has 0 saturated heterocycles. The lowest BCUT2D eigenvalue weighted by molar-refractivity contribution is -0.124. The zero-order chi connectivity index (χ0) is 20.8. The van der Waals surface area contributed by atoms with Crippen LogP contribution in [-0.4, -0.2) is 44.4 Å². The van der Waals surface area contributed by atoms with Gasteiger partial charge in [-0.2, -0.15) is 0 Å². The molecule has 1 aromatic rings. The molecule has 0 heterocycles. The van der Waals surface area contributed by atoms with Gasteiger partial charge >= 0.3 is 6.09 Å². The smallest absolute Gasteiger partial charge is 0.408 e. The number of alkyl carbamates (subject to hydrolysis) is 1. The van der Waals surface area contributed by atoms with Crippen LogP contribution in [0.2, 0.25) is 0 Å². The van der Waals surface area contributed by atoms with Crippen molar-refractivity contribution in [2.75, 3.05) is 5.75 Å². The Balaban J connectivity index is 2.75. The van der Waals surface area contributed by atoms with Gasteiger partial charge in [-0.25, -0.2) is 13.2 Å². The number of carbonyl (C=O) groups excluding carboxylic acids is 2. The molecule has 0 fully saturated rings. The Morgan fingerprint density at radius 1 is 1.00 bits per heavy atom. The van der Waals surface area contributed by atoms with Crippen molar-refractivity contribution >= 4 is 21.8 Å². The third-order valence-electron chi connectivity index (χ3n) is 3.80. The maximum Gasteiger partial charge on any atom is 0.408 e. The molecule has 8 heteroatoms. The number of benzene rings is 1. The average Bonchev–Trinajstić information content (AvgIpc) is 2.51. The van der Waals surface area contributed by atoms with Crippen LogP contribution in [0, 0.1) is 12.8 Å². The molecular weight excluding hydrogens is 368 g/mol. The van der Waals surface area contributed by atoms with E-state index in [1.54, 1.807) is 58.9 Å². The van der Waals surface area contributed by atoms with Crippen molar-refractivity contribution in [3.63, 3.8) is 0 Å². The highest BCUT2D eigenvalue weighted by Gasteiger charge is 2.27. The SMILES string of the molecule is Cc1ccc(S(=O)(=O)CC(C)NC(=O)C(NC(=O)OC(C)C)C(C)C)cc1. The first-order valence-corrected chi connectivity index (χ1v) is 10.6. The van der Waals surface area contributed by atoms with Crippen LogP contribution in [0.15, 0.2) is 29.2 Å². The van der Waals surface area contributed by atoms with Gasteiger partial charge in [0.15, 0.2) is 9.84 Å². The Morgan fingerprint density at radius 3 is 2.04 bits per heavy atom. The van der Waals surface area contributed by atoms with Crippen molar-refractivity contribution in [2.24, 2.45) is 5.92 Å². The van der Waals surface area contributed by atoms with Crippen LogP contribution in [0.4, 0.5) is 4.79 Å². The van der Waals surface area contributed by atoms with Gasteiger partial charge in [-0.3, -0.25) is 4.79 Å². The van der Waals surface area contributed by atoms with Gasteiger partial charge in [0.2, 0.25) is 5.91 Å². The predicted octanol–water partition coefficient (Wildman–Crippen LogP) is 2.43. The topological polar surface area (TPSA) is 102 Å². The minimum absolute atomic E-state index is 0.189. The highest BCUT2D eigenvalue weighted by molar-refractivity contribution is 7.91. The van der Waals surface area contributed by atoms with E-state index in [9.17, 15) is 18.0 Å². The van der Waals surface area contributed by atoms with E-state index in [-0.39, 0.29) is 22.7 Å². The highest BCUT2D eigenvalue weighted by atomic mass is 32.2. The average molecular weight is 399 g/mol. The fraction of sp³-hybridized carbons (Fsp3) is 0.579. The van der Waals surface area contributed by atoms with E-state index in [0.717, 1.165) is 5.56 Å². The van der Waals surface area contributed by atoms with E-state index >= 15 is 0 Å². The van der Waals surface area contributed by atoms with Gasteiger partial charge in [0.1, 0.15) is 6.04 Å². The van der Waals surface area contributed by atoms with E-state index in [4.69, 9.17) is 4.74 Å². The summed E-state index contributed by atoms with van der Waals surface area (Å²) in [5, 5.41) is 5.20. The van der Waals surface area contributed by atoms with Crippen molar-refractivity contribution in [1.29, 1.82) is 0 Å². The number of rotatable bonds is 8. The number of ether oxygens (including phenoxy) is 1. The Labute approximate surface area is 161 Å². The first-order valence-electron chi connectivity index (χ1n) is 8.99. The van der Waals surface area contributed by atoms with Crippen LogP contribution in [0.3, 0.4) is 0 Å². The Morgan fingerprint density at radius 2 is 1.56 bits per heavy atom. The van der Waals surface area contributed by atoms with Crippen molar-refractivity contribution < 1.29 is 22.7 Å². The van der Waals surface area contributed by atoms with Gasteiger partial charge in [0.05, 0.1) is 16.8 Å². The fourth-order valence-corrected chi connectivity index (χ4v) is 3.94. The number of amides is 2. The van der Waals surface area contributed by atoms with Crippen LogP contribution in [0.5, 0.6) is 0 Å². The van der Waals surface area contributed by atoms with Gasteiger partial charge in [-0.15, -0.1) is 0 Å². The molecule has 152 valence electrons. The summed E-state index contributed by atoms with van der Waals surface area (Å²) in [5.41, 5.74) is 0.967. The molecule has 27 heavy (non-hydrogen) atoms. The van der Waals surface area contributed by atoms with E-state index in [1.165, 1.54) is 0 Å². The summed E-state index contributed by atoms with van der Waals surface area (Å²) in [6.07, 6.45) is -0.988. The standard InChI is InChI=1S/C19H30N2O5S/c1-12(2)17(21-19(23)26-13(3)4)18(22)20-15(6)11-27(24,25)16-9-7-14(5)8-10-16/h7-10,12-13,15,17H,11H2,1-6H3,(H,20,22)(H,21,23). The summed E-state index contributed by atoms with van der Waals surface area (Å²) in [7, 11) is -3.53. The molecule has 7 nitrogen and oxygen atoms in total. The molecule has 2 unspecified atom stereocenters. The molecule has 0 aromatic heterocycles. The number of aryl methyl sites for hydroxylation is 1. The monoisotopic (exact) mass is 398 g/mol. The van der Waals surface area contributed by atoms with Crippen LogP contribution in [0.25, 0.3) is 0 Å². The summed E-state index contributed by atoms with van der Waals surface area (Å²) in [6, 6.07) is 5.14. The van der Waals surface area contributed by atoms with Crippen molar-refractivity contribution in [3.8, 4) is 0 Å². The summed E-state index contributed by atoms with van der Waals surface area (Å²) in [4.78, 5) is 24.5. The molecule has 0 saturated carbocycles. The molecule has 0 radical (unpaired) electrons. The molecule has 0 aliphatic carbocycles. The minimum atomic E-state index is -3.53. The molecule has 0 bridgehead atoms. The molecule has 0 spiro atoms. The molecule has 2 atom stereocenters. The van der Waals surface area contributed by atoms with Crippen LogP contribution < -0.4 is 10.6 Å². The third-order valence-corrected chi connectivity index (χ3v) is 5.73. The normalized spacial score (nSPS) is 13.9. The van der Waals surface area contributed by atoms with Crippen LogP contribution in [-0.2, 0) is 19.4 Å². The molecule has 0 aliphatic rings. The van der Waals surface area contributed by atoms with Gasteiger partial charge in [0, 0.05) is 6.04 Å². The maximum atomic E-state index is 12.5. The minimum Gasteiger partial charge on any atom is -0.447 e. The number of carbonyl (C=O) groups is 2. The quantitative estimate of drug-likeness (QED) is 0.700. The van der Waals surface area contributed by atoms with Gasteiger partial charge in [-0.05, 0) is 45.7 Å². The molecule has 0 aliphatic heterocycles. The van der Waals surface area contributed by atoms with Crippen molar-refractivity contribution in [2.45, 2.75) is 64.6 Å². The molecule has 2 amide bonds. The molecule has 1 rings (SSSR count). The lowest BCUT2D eigenvalue weighted by atomic mass is 10.0. The van der Waals surface area contributed by atoms with Crippen molar-refractivity contribution in [3.05, 3.63) is 29.8 Å². The Hall–Kier alpha value is -2.09. The number of hydrogen-bond acceptors (Lipinski definition) is 5. The molecular formula is C19H30N2O5S. The summed E-state index contributed by atoms with van der Waals surface area (Å²) in [6.45, 7) is 10.5. The Bertz CT molecular complexity index is 742. The second kappa shape index (κ2) is 9.73. The van der Waals surface area contributed by atoms with Crippen LogP contribution in [0.1, 0.15) is 40.2 Å². The first kappa shape index (κ1) is 23.0. The van der Waals surface area contributed by atoms with Gasteiger partial charge < -0.3 is 15.4 Å². The van der Waals surface area contributed by atoms with Crippen LogP contribution >= 0.6 is 0 Å². The van der Waals surface area contributed by atoms with Gasteiger partial charge in [0.25, 0.3) is 0 Å². The largest absolute Gasteiger partial charge is 0.447 e. The molecule has 2 N–H and O–H groups in total. The predicted molar refractivity (Wildman–Crippen MR) is 104 cm³/mol. The van der Waals surface area contributed by atoms with E-state index in [1.807, 2.05) is 6.92 Å². The zero-order valence-electron chi connectivity index (χ0n) is 16.8. The second-order valence-electron chi connectivity index (χ2n) is 7.32. The zero-order valence-corrected chi connectivity index (χ0v) is 17.6. The lowest BCUT2D eigenvalue weighted by Crippen LogP contribution is -2.52. The van der Waals surface area contributed by atoms with Gasteiger partial charge in [-0.1, -0.05) is 31.5 Å². The maximum absolute atomic E-state index is 12.5. The third kappa shape index (κ3) is 7.58. The summed E-state index contributed by atoms with van der Waals surface area (Å²) < 4.78 is 30.0. The van der Waals surface area contributed by atoms with E-state index in [0.29, 0.717) is 0 Å². The number of hydrogen-bond donors (Lipinski definition) is 2. The molecule has 1 aromatic carbocycles. The number of sulfone groups is 1. The second-order valence-corrected chi connectivity index (χ2v) is 9.36. The Kier molecular flexibility index (Phi) is 8.27. The van der Waals surface area contributed by atoms with E-state index in [2.05, 4.69) is 10.6 Å². The summed E-state index contributed by atoms with van der Waals surface area (Å²) >= 11 is 0. The summed E-state index contributed by atoms with van der Waals surface area (Å²) in [5.74, 6) is -0.869. The first-order chi connectivity index (χ1) is 12.4. The fourth-order valence-electron chi connectivity index (χ4n) is 2.46. The lowest BCUT2D eigenvalue weighted by Gasteiger charge is -2.24. The highest BCUT2D eigenvalue weighted by Crippen LogP contribution is 2.13. The number of nitrogens with one attached hydrogen (secondary N) is 2. The van der Waals surface area contributed by atoms with E-state index < -0.39 is 33.9 Å². The van der Waals surface area contributed by atoms with Crippen molar-refractivity contribution in [1.82, 2.24) is 10.6 Å².